The average Bonchev–Trinajstić information content (AvgIpc) is 3.27. The lowest BCUT2D eigenvalue weighted by Gasteiger charge is -2.26. The quantitative estimate of drug-likeness (QED) is 0.561. The number of fused-ring (bicyclic) bond motifs is 2. The van der Waals surface area contributed by atoms with Crippen molar-refractivity contribution in [3.8, 4) is 11.3 Å². The van der Waals surface area contributed by atoms with Crippen LogP contribution in [0.25, 0.3) is 17.3 Å². The number of hydrogen-bond acceptors (Lipinski definition) is 5. The van der Waals surface area contributed by atoms with Crippen LogP contribution in [0.2, 0.25) is 0 Å². The predicted molar refractivity (Wildman–Crippen MR) is 143 cm³/mol. The molecule has 192 valence electrons. The first kappa shape index (κ1) is 25.8. The molecule has 0 atom stereocenters. The third kappa shape index (κ3) is 5.59. The van der Waals surface area contributed by atoms with Crippen LogP contribution in [0.3, 0.4) is 0 Å². The summed E-state index contributed by atoms with van der Waals surface area (Å²) in [6, 6.07) is 14.8. The largest absolute Gasteiger partial charge is 0.379 e. The number of sulfonamides is 1. The van der Waals surface area contributed by atoms with E-state index in [4.69, 9.17) is 9.84 Å². The van der Waals surface area contributed by atoms with Gasteiger partial charge in [0.2, 0.25) is 15.9 Å². The molecule has 3 aromatic rings. The zero-order chi connectivity index (χ0) is 25.7. The summed E-state index contributed by atoms with van der Waals surface area (Å²) in [4.78, 5) is 11.7. The second kappa shape index (κ2) is 11.2. The second-order valence-corrected chi connectivity index (χ2v) is 10.4. The fraction of sp³-hybridized carbons (Fsp3) is 0.333. The molecule has 1 fully saturated rings. The first-order chi connectivity index (χ1) is 17.4. The predicted octanol–water partition coefficient (Wildman–Crippen LogP) is 4.42. The summed E-state index contributed by atoms with van der Waals surface area (Å²) in [6.07, 6.45) is 4.88. The number of carbonyl (C=O) groups excluding carboxylic acids is 1. The van der Waals surface area contributed by atoms with Gasteiger partial charge in [0, 0.05) is 44.8 Å². The number of nitrogens with one attached hydrogen (secondary N) is 1. The number of allylic oxidation sites excluding steroid dienone is 1. The minimum atomic E-state index is -3.53. The highest BCUT2D eigenvalue weighted by Crippen LogP contribution is 2.27. The van der Waals surface area contributed by atoms with Crippen LogP contribution in [0.5, 0.6) is 0 Å². The smallest absolute Gasteiger partial charge is 0.243 e. The number of ether oxygens (including phenoxy) is 1. The van der Waals surface area contributed by atoms with Gasteiger partial charge in [-0.15, -0.1) is 0 Å². The van der Waals surface area contributed by atoms with Gasteiger partial charge in [0.1, 0.15) is 0 Å². The van der Waals surface area contributed by atoms with Gasteiger partial charge in [-0.2, -0.15) is 9.40 Å². The van der Waals surface area contributed by atoms with Crippen molar-refractivity contribution in [2.75, 3.05) is 31.6 Å². The van der Waals surface area contributed by atoms with E-state index in [0.717, 1.165) is 40.2 Å². The van der Waals surface area contributed by atoms with Crippen LogP contribution in [-0.2, 0) is 32.5 Å². The Morgan fingerprint density at radius 2 is 1.78 bits per heavy atom. The van der Waals surface area contributed by atoms with Gasteiger partial charge in [-0.25, -0.2) is 8.42 Å². The molecule has 1 aromatic heterocycles. The lowest BCUT2D eigenvalue weighted by Crippen LogP contribution is -2.40. The molecule has 36 heavy (non-hydrogen) atoms. The van der Waals surface area contributed by atoms with Crippen LogP contribution >= 0.6 is 0 Å². The minimum Gasteiger partial charge on any atom is -0.379 e. The zero-order valence-corrected chi connectivity index (χ0v) is 21.7. The number of carbonyl (C=O) groups is 1. The summed E-state index contributed by atoms with van der Waals surface area (Å²) in [6.45, 7) is 7.69. The zero-order valence-electron chi connectivity index (χ0n) is 20.9. The van der Waals surface area contributed by atoms with Crippen molar-refractivity contribution in [2.24, 2.45) is 0 Å². The van der Waals surface area contributed by atoms with E-state index in [1.807, 2.05) is 54.9 Å². The summed E-state index contributed by atoms with van der Waals surface area (Å²) in [5.41, 5.74) is 5.67. The third-order valence-electron chi connectivity index (χ3n) is 6.03. The van der Waals surface area contributed by atoms with Crippen LogP contribution in [0.1, 0.15) is 39.0 Å². The molecule has 0 bridgehead atoms. The van der Waals surface area contributed by atoms with Crippen molar-refractivity contribution >= 4 is 27.7 Å². The molecular weight excluding hydrogens is 476 g/mol. The molecule has 8 nitrogen and oxygen atoms in total. The molecule has 0 spiro atoms. The Labute approximate surface area is 214 Å². The lowest BCUT2D eigenvalue weighted by atomic mass is 10.0. The van der Waals surface area contributed by atoms with Crippen molar-refractivity contribution in [3.05, 3.63) is 71.4 Å². The lowest BCUT2D eigenvalue weighted by molar-refractivity contribution is -0.114. The Bertz CT molecular complexity index is 1360. The van der Waals surface area contributed by atoms with E-state index in [1.54, 1.807) is 12.1 Å². The molecule has 2 aliphatic heterocycles. The minimum absolute atomic E-state index is 0. The van der Waals surface area contributed by atoms with Crippen LogP contribution < -0.4 is 5.32 Å². The van der Waals surface area contributed by atoms with E-state index in [0.29, 0.717) is 32.8 Å². The van der Waals surface area contributed by atoms with Crippen molar-refractivity contribution in [3.63, 3.8) is 0 Å². The maximum absolute atomic E-state index is 12.9. The van der Waals surface area contributed by atoms with Crippen molar-refractivity contribution in [2.45, 2.75) is 38.6 Å². The molecule has 0 unspecified atom stereocenters. The van der Waals surface area contributed by atoms with Crippen LogP contribution in [0.15, 0.2) is 59.5 Å². The fourth-order valence-electron chi connectivity index (χ4n) is 4.27. The number of amides is 1. The van der Waals surface area contributed by atoms with Crippen molar-refractivity contribution < 1.29 is 19.4 Å². The Kier molecular flexibility index (Phi) is 8.03. The van der Waals surface area contributed by atoms with Gasteiger partial charge >= 0.3 is 0 Å². The highest BCUT2D eigenvalue weighted by atomic mass is 32.2. The Balaban J connectivity index is 0.00000124. The summed E-state index contributed by atoms with van der Waals surface area (Å²) in [5, 5.41) is 7.64. The van der Waals surface area contributed by atoms with Crippen molar-refractivity contribution in [1.29, 1.82) is 0 Å². The maximum atomic E-state index is 12.9. The Hall–Kier alpha value is -3.27. The first-order valence-electron chi connectivity index (χ1n) is 12.2. The summed E-state index contributed by atoms with van der Waals surface area (Å²) < 4.78 is 34.5. The van der Waals surface area contributed by atoms with Gasteiger partial charge in [-0.1, -0.05) is 44.2 Å². The number of anilines is 1. The number of benzene rings is 2. The molecule has 5 rings (SSSR count). The van der Waals surface area contributed by atoms with Gasteiger partial charge < -0.3 is 10.1 Å². The number of aromatic nitrogens is 2. The molecule has 0 aliphatic carbocycles. The van der Waals surface area contributed by atoms with E-state index in [2.05, 4.69) is 17.5 Å². The number of morpholine rings is 1. The van der Waals surface area contributed by atoms with Gasteiger partial charge in [0.15, 0.2) is 0 Å². The monoisotopic (exact) mass is 510 g/mol. The van der Waals surface area contributed by atoms with Crippen LogP contribution in [0.4, 0.5) is 5.69 Å². The molecule has 3 heterocycles. The Morgan fingerprint density at radius 1 is 1.06 bits per heavy atom. The molecule has 0 radical (unpaired) electrons. The second-order valence-electron chi connectivity index (χ2n) is 8.42. The van der Waals surface area contributed by atoms with E-state index in [9.17, 15) is 13.2 Å². The van der Waals surface area contributed by atoms with Crippen LogP contribution in [-0.4, -0.2) is 54.7 Å². The molecule has 2 aliphatic rings. The van der Waals surface area contributed by atoms with Crippen LogP contribution in [0, 0.1) is 0 Å². The Morgan fingerprint density at radius 3 is 2.47 bits per heavy atom. The highest BCUT2D eigenvalue weighted by Gasteiger charge is 2.26. The van der Waals surface area contributed by atoms with Gasteiger partial charge in [-0.05, 0) is 41.5 Å². The number of nitrogens with zero attached hydrogens (tertiary/aromatic N) is 3. The fourth-order valence-corrected chi connectivity index (χ4v) is 5.68. The molecule has 1 N–H and O–H groups in total. The van der Waals surface area contributed by atoms with E-state index in [-0.39, 0.29) is 12.2 Å². The van der Waals surface area contributed by atoms with E-state index in [1.165, 1.54) is 11.2 Å². The molecule has 1 saturated heterocycles. The third-order valence-corrected chi connectivity index (χ3v) is 7.94. The normalized spacial score (nSPS) is 16.4. The van der Waals surface area contributed by atoms with Crippen molar-refractivity contribution in [1.82, 2.24) is 14.1 Å². The molecular formula is C27H34N4O4S. The first-order valence-corrected chi connectivity index (χ1v) is 13.7. The molecule has 9 heteroatoms. The SMILES string of the molecule is CC.CC(=O)Nc1ccc2c(c1)/C=C\Cc1cc(-c3ccc(S(=O)(=O)N4CCOCC4)cc3)nn1C2.[HH]. The molecule has 2 aromatic carbocycles. The van der Waals surface area contributed by atoms with E-state index >= 15 is 0 Å². The summed E-state index contributed by atoms with van der Waals surface area (Å²) >= 11 is 0. The standard InChI is InChI=1S/C25H26N4O4S.C2H6.H2/c1-18(30)26-22-8-5-21-17-29-23(4-2-3-20(21)15-22)16-25(27-29)19-6-9-24(10-7-19)34(31,32)28-11-13-33-14-12-28;1-2;/h2-3,5-10,15-16H,4,11-14,17H2,1H3,(H,26,30);1-2H3;1H/b3-2-;;. The average molecular weight is 511 g/mol. The van der Waals surface area contributed by atoms with Gasteiger partial charge in [0.25, 0.3) is 0 Å². The molecule has 1 amide bonds. The number of hydrogen-bond donors (Lipinski definition) is 1. The summed E-state index contributed by atoms with van der Waals surface area (Å²) in [5.74, 6) is -0.0995. The topological polar surface area (TPSA) is 93.5 Å². The maximum Gasteiger partial charge on any atom is 0.243 e. The number of rotatable bonds is 4. The van der Waals surface area contributed by atoms with E-state index < -0.39 is 10.0 Å². The van der Waals surface area contributed by atoms with Gasteiger partial charge in [0.05, 0.1) is 30.3 Å². The molecule has 0 saturated carbocycles. The summed E-state index contributed by atoms with van der Waals surface area (Å²) in [7, 11) is -3.53. The van der Waals surface area contributed by atoms with Gasteiger partial charge in [-0.3, -0.25) is 9.48 Å². The highest BCUT2D eigenvalue weighted by molar-refractivity contribution is 7.89.